The molecule has 8 aliphatic rings. The van der Waals surface area contributed by atoms with Crippen LogP contribution < -0.4 is 29.4 Å². The highest BCUT2D eigenvalue weighted by atomic mass is 32.2. The quantitative estimate of drug-likeness (QED) is 0.135. The summed E-state index contributed by atoms with van der Waals surface area (Å²) in [5, 5.41) is 38.9. The Morgan fingerprint density at radius 3 is 0.739 bits per heavy atom. The van der Waals surface area contributed by atoms with Crippen LogP contribution in [0.3, 0.4) is 0 Å². The van der Waals surface area contributed by atoms with Crippen LogP contribution in [0.15, 0.2) is 410 Å². The third-order valence-electron chi connectivity index (χ3n) is 31.0. The molecule has 2 saturated carbocycles. The molecule has 26 rings (SSSR count). The molecule has 6 aliphatic heterocycles. The van der Waals surface area contributed by atoms with E-state index in [4.69, 9.17) is 0 Å². The molecule has 0 amide bonds. The van der Waals surface area contributed by atoms with E-state index in [0.29, 0.717) is 11.8 Å². The molecule has 0 N–H and O–H groups in total. The molecular weight excluding hydrogens is 1840 g/mol. The first kappa shape index (κ1) is 92.1. The minimum Gasteiger partial charge on any atom is -0.308 e. The Balaban J connectivity index is 0.000000117. The monoisotopic (exact) mass is 1950 g/mol. The van der Waals surface area contributed by atoms with Gasteiger partial charge in [0, 0.05) is 98.7 Å². The zero-order chi connectivity index (χ0) is 96.8. The standard InChI is InChI=1S/C54H58N2S2.2C38H30N2S2/c1-53(2,3)41-23-27-45-39(29-41)19-17-35-21-25-43(31-47(35)45)55-33-49(37-13-9-7-10-14-37)57-51(55)52-56(34-50(58-52)38-15-11-8-12-16-38)44-26-22-36-18-20-40-30-42(54(4,5)6)24-28-46(40)48(36)32-44;1-23-25(3)41-37(39(23)31-17-19-35-29(21-31)15-13-27-9-5-7-11-33(27)35)38-40(24(2)26(4)42-38)32-18-20-36-30(22-32)16-14-28-10-6-8-12-34(28)36;1-23-25(3)41-37(39(23)31-19-17-29-15-13-27-9-5-7-11-33(27)35(29)21-31)38-40(24(2)26(4)42-38)32-20-18-30-16-14-28-10-6-8-12-34(28)36(30)22-32/h17-34,37-38H,7-16H2,1-6H3;2*5-22H,1-4H3/b52-51+;2*38-37+. The number of rotatable bonds is 8. The Morgan fingerprint density at radius 1 is 0.204 bits per heavy atom. The summed E-state index contributed by atoms with van der Waals surface area (Å²) in [5.41, 5.74) is 15.5. The molecule has 0 aromatic heterocycles. The van der Waals surface area contributed by atoms with Crippen LogP contribution in [0.4, 0.5) is 34.1 Å². The highest BCUT2D eigenvalue weighted by Gasteiger charge is 2.41. The first-order valence-electron chi connectivity index (χ1n) is 50.8. The first-order valence-corrected chi connectivity index (χ1v) is 55.7. The van der Waals surface area contributed by atoms with Crippen molar-refractivity contribution in [3.63, 3.8) is 0 Å². The lowest BCUT2D eigenvalue weighted by molar-refractivity contribution is 0.415. The molecule has 142 heavy (non-hydrogen) atoms. The van der Waals surface area contributed by atoms with Crippen molar-refractivity contribution >= 4 is 234 Å². The van der Waals surface area contributed by atoms with Crippen LogP contribution in [0.25, 0.3) is 129 Å². The molecule has 2 fully saturated rings. The van der Waals surface area contributed by atoms with Crippen molar-refractivity contribution in [1.82, 2.24) is 0 Å². The second-order valence-electron chi connectivity index (χ2n) is 41.9. The predicted octanol–water partition coefficient (Wildman–Crippen LogP) is 40.1. The van der Waals surface area contributed by atoms with Gasteiger partial charge in [-0.15, -0.1) is 0 Å². The summed E-state index contributed by atoms with van der Waals surface area (Å²) in [6, 6.07) is 118. The molecule has 12 heteroatoms. The van der Waals surface area contributed by atoms with Gasteiger partial charge in [0.25, 0.3) is 0 Å². The van der Waals surface area contributed by atoms with Gasteiger partial charge >= 0.3 is 0 Å². The second kappa shape index (κ2) is 37.1. The van der Waals surface area contributed by atoms with Gasteiger partial charge in [-0.2, -0.15) is 0 Å². The van der Waals surface area contributed by atoms with Gasteiger partial charge in [0.2, 0.25) is 0 Å². The molecule has 2 aliphatic carbocycles. The van der Waals surface area contributed by atoms with Crippen LogP contribution in [0.5, 0.6) is 0 Å². The Kier molecular flexibility index (Phi) is 24.1. The normalized spacial score (nSPS) is 18.7. The number of benzene rings is 18. The van der Waals surface area contributed by atoms with E-state index < -0.39 is 0 Å². The number of fused-ring (bicyclic) bond motifs is 18. The van der Waals surface area contributed by atoms with Gasteiger partial charge in [-0.05, 0) is 317 Å². The van der Waals surface area contributed by atoms with Crippen LogP contribution in [0.2, 0.25) is 0 Å². The molecule has 0 radical (unpaired) electrons. The average Bonchev–Trinajstić information content (AvgIpc) is 1.59. The molecule has 18 aromatic carbocycles. The molecule has 0 saturated heterocycles. The maximum atomic E-state index is 2.58. The third-order valence-corrected chi connectivity index (χ3v) is 38.6. The van der Waals surface area contributed by atoms with E-state index in [1.54, 1.807) is 9.81 Å². The second-order valence-corrected chi connectivity index (χ2v) is 48.8. The number of hydrogen-bond acceptors (Lipinski definition) is 12. The summed E-state index contributed by atoms with van der Waals surface area (Å²) in [7, 11) is 0. The number of allylic oxidation sites excluding steroid dienone is 10. The molecular formula is C130H118N6S6. The van der Waals surface area contributed by atoms with E-state index >= 15 is 0 Å². The van der Waals surface area contributed by atoms with Crippen LogP contribution >= 0.6 is 70.6 Å². The zero-order valence-electron chi connectivity index (χ0n) is 83.5. The summed E-state index contributed by atoms with van der Waals surface area (Å²) in [4.78, 5) is 23.5. The van der Waals surface area contributed by atoms with E-state index in [0.717, 1.165) is 0 Å². The first-order chi connectivity index (χ1) is 68.9. The lowest BCUT2D eigenvalue weighted by atomic mass is 9.85. The van der Waals surface area contributed by atoms with E-state index in [1.807, 2.05) is 47.0 Å². The van der Waals surface area contributed by atoms with E-state index in [2.05, 4.69) is 478 Å². The van der Waals surface area contributed by atoms with Gasteiger partial charge in [0.05, 0.1) is 0 Å². The lowest BCUT2D eigenvalue weighted by Gasteiger charge is -2.28. The Hall–Kier alpha value is -12.4. The van der Waals surface area contributed by atoms with Crippen LogP contribution in [-0.4, -0.2) is 0 Å². The minimum absolute atomic E-state index is 0.114. The van der Waals surface area contributed by atoms with Crippen LogP contribution in [-0.2, 0) is 10.8 Å². The molecule has 0 unspecified atom stereocenters. The van der Waals surface area contributed by atoms with Gasteiger partial charge in [0.15, 0.2) is 0 Å². The lowest BCUT2D eigenvalue weighted by Crippen LogP contribution is -2.22. The Morgan fingerprint density at radius 2 is 0.430 bits per heavy atom. The van der Waals surface area contributed by atoms with Gasteiger partial charge < -0.3 is 29.4 Å². The van der Waals surface area contributed by atoms with Gasteiger partial charge in [0.1, 0.15) is 30.2 Å². The number of thioether (sulfide) groups is 6. The summed E-state index contributed by atoms with van der Waals surface area (Å²) in [5.74, 6) is 1.26. The largest absolute Gasteiger partial charge is 0.308 e. The molecule has 6 heterocycles. The Bertz CT molecular complexity index is 8170. The van der Waals surface area contributed by atoms with Crippen molar-refractivity contribution in [2.24, 2.45) is 11.8 Å². The Labute approximate surface area is 861 Å². The molecule has 0 spiro atoms. The molecule has 18 aromatic rings. The minimum atomic E-state index is 0.114. The maximum Gasteiger partial charge on any atom is 0.116 e. The summed E-state index contributed by atoms with van der Waals surface area (Å²) in [6.07, 6.45) is 18.3. The highest BCUT2D eigenvalue weighted by Crippen LogP contribution is 2.60. The zero-order valence-corrected chi connectivity index (χ0v) is 88.4. The van der Waals surface area contributed by atoms with Crippen molar-refractivity contribution < 1.29 is 0 Å². The number of hydrogen-bond donors (Lipinski definition) is 0. The fourth-order valence-corrected chi connectivity index (χ4v) is 29.9. The van der Waals surface area contributed by atoms with Crippen molar-refractivity contribution in [1.29, 1.82) is 0 Å². The van der Waals surface area contributed by atoms with Crippen LogP contribution in [0.1, 0.15) is 172 Å². The molecule has 0 bridgehead atoms. The van der Waals surface area contributed by atoms with E-state index in [1.165, 1.54) is 311 Å². The maximum absolute atomic E-state index is 2.58. The van der Waals surface area contributed by atoms with Gasteiger partial charge in [-0.1, -0.05) is 393 Å². The van der Waals surface area contributed by atoms with E-state index in [9.17, 15) is 0 Å². The third kappa shape index (κ3) is 16.7. The summed E-state index contributed by atoms with van der Waals surface area (Å²) < 4.78 is 0. The van der Waals surface area contributed by atoms with E-state index in [-0.39, 0.29) is 10.8 Å². The topological polar surface area (TPSA) is 19.4 Å². The van der Waals surface area contributed by atoms with Crippen molar-refractivity contribution in [3.8, 4) is 0 Å². The SMILES string of the molecule is CC(C)(C)c1ccc2c(ccc3ccc(N4C=C(C5CCCCC5)S/C4=C4/SC(C5CCCCC5)=CN4c4ccc5ccc6cc(C(C)(C)C)ccc6c5c4)cc32)c1.CC1=C(C)N(c2ccc3c(ccc4ccccc43)c2)/C(=C2\SC(C)=C(C)N2c2ccc3c(ccc4ccccc43)c2)S1.CC1=C(C)N(c2ccc3ccc4ccccc4c3c2)/C(=C2\SC(C)=C(C)N2c2ccc3ccc4ccccc4c3c2)S1. The highest BCUT2D eigenvalue weighted by molar-refractivity contribution is 8.11. The predicted molar refractivity (Wildman–Crippen MR) is 630 cm³/mol. The van der Waals surface area contributed by atoms with Crippen LogP contribution in [0, 0.1) is 11.8 Å². The fourth-order valence-electron chi connectivity index (χ4n) is 22.5. The van der Waals surface area contributed by atoms with Crippen molar-refractivity contribution in [3.05, 3.63) is 421 Å². The molecule has 704 valence electrons. The van der Waals surface area contributed by atoms with Gasteiger partial charge in [-0.25, -0.2) is 0 Å². The average molecular weight is 1960 g/mol. The summed E-state index contributed by atoms with van der Waals surface area (Å²) >= 11 is 11.7. The molecule has 6 nitrogen and oxygen atoms in total. The number of anilines is 6. The smallest absolute Gasteiger partial charge is 0.116 e. The fraction of sp³-hybridized carbons (Fsp3) is 0.215. The van der Waals surface area contributed by atoms with Crippen molar-refractivity contribution in [2.75, 3.05) is 29.4 Å². The summed E-state index contributed by atoms with van der Waals surface area (Å²) in [6.45, 7) is 31.8. The molecule has 0 atom stereocenters. The number of nitrogens with zero attached hydrogens (tertiary/aromatic N) is 6. The van der Waals surface area contributed by atoms with Gasteiger partial charge in [-0.3, -0.25) is 0 Å². The van der Waals surface area contributed by atoms with Crippen molar-refractivity contribution in [2.45, 2.75) is 172 Å².